The number of nitrogens with zero attached hydrogens (tertiary/aromatic N) is 2. The molecular formula is C13H10BrN3O. The first-order valence-electron chi connectivity index (χ1n) is 5.38. The highest BCUT2D eigenvalue weighted by Crippen LogP contribution is 2.31. The lowest BCUT2D eigenvalue weighted by Gasteiger charge is -2.04. The maximum absolute atomic E-state index is 9.90. The lowest BCUT2D eigenvalue weighted by molar-refractivity contribution is 0.477. The fourth-order valence-corrected chi connectivity index (χ4v) is 2.41. The lowest BCUT2D eigenvalue weighted by atomic mass is 10.2. The van der Waals surface area contributed by atoms with Crippen LogP contribution in [0.15, 0.2) is 47.2 Å². The minimum absolute atomic E-state index is 0.194. The number of pyridine rings is 1. The van der Waals surface area contributed by atoms with E-state index in [1.165, 1.54) is 0 Å². The summed E-state index contributed by atoms with van der Waals surface area (Å²) in [4.78, 5) is 4.43. The minimum Gasteiger partial charge on any atom is -0.507 e. The number of hydrogen-bond acceptors (Lipinski definition) is 3. The number of halogens is 1. The maximum atomic E-state index is 9.90. The van der Waals surface area contributed by atoms with Crippen LogP contribution in [0.4, 0.5) is 5.69 Å². The van der Waals surface area contributed by atoms with E-state index >= 15 is 0 Å². The van der Waals surface area contributed by atoms with Gasteiger partial charge in [-0.15, -0.1) is 0 Å². The zero-order valence-electron chi connectivity index (χ0n) is 9.34. The molecule has 4 nitrogen and oxygen atoms in total. The van der Waals surface area contributed by atoms with Gasteiger partial charge in [0, 0.05) is 11.9 Å². The van der Waals surface area contributed by atoms with Gasteiger partial charge < -0.3 is 10.8 Å². The average Bonchev–Trinajstić information content (AvgIpc) is 2.67. The number of nitrogens with two attached hydrogens (primary N) is 1. The van der Waals surface area contributed by atoms with Crippen LogP contribution in [0.3, 0.4) is 0 Å². The molecule has 18 heavy (non-hydrogen) atoms. The van der Waals surface area contributed by atoms with E-state index < -0.39 is 0 Å². The topological polar surface area (TPSA) is 63.5 Å². The Labute approximate surface area is 112 Å². The van der Waals surface area contributed by atoms with Crippen LogP contribution in [0.25, 0.3) is 16.9 Å². The van der Waals surface area contributed by atoms with Crippen molar-refractivity contribution in [1.29, 1.82) is 0 Å². The number of nitrogen functional groups attached to an aromatic ring is 1. The number of para-hydroxylation sites is 1. The first-order valence-corrected chi connectivity index (χ1v) is 6.17. The average molecular weight is 304 g/mol. The predicted molar refractivity (Wildman–Crippen MR) is 74.4 cm³/mol. The van der Waals surface area contributed by atoms with Crippen LogP contribution in [0.2, 0.25) is 0 Å². The molecule has 0 unspecified atom stereocenters. The summed E-state index contributed by atoms with van der Waals surface area (Å²) >= 11 is 3.41. The summed E-state index contributed by atoms with van der Waals surface area (Å²) in [5.41, 5.74) is 8.01. The van der Waals surface area contributed by atoms with Crippen molar-refractivity contribution in [3.05, 3.63) is 47.2 Å². The molecule has 0 aliphatic heterocycles. The van der Waals surface area contributed by atoms with E-state index in [-0.39, 0.29) is 5.75 Å². The second-order valence-electron chi connectivity index (χ2n) is 3.96. The molecule has 0 bridgehead atoms. The number of rotatable bonds is 1. The third-order valence-corrected chi connectivity index (χ3v) is 3.34. The predicted octanol–water partition coefficient (Wildman–Crippen LogP) is 3.05. The summed E-state index contributed by atoms with van der Waals surface area (Å²) in [6.07, 6.45) is 1.79. The molecule has 0 saturated heterocycles. The zero-order chi connectivity index (χ0) is 12.7. The first kappa shape index (κ1) is 11.1. The number of imidazole rings is 1. The van der Waals surface area contributed by atoms with Crippen LogP contribution in [-0.4, -0.2) is 14.5 Å². The van der Waals surface area contributed by atoms with Gasteiger partial charge in [-0.1, -0.05) is 12.1 Å². The van der Waals surface area contributed by atoms with Crippen molar-refractivity contribution in [2.45, 2.75) is 0 Å². The monoisotopic (exact) mass is 303 g/mol. The number of benzene rings is 1. The molecule has 5 heteroatoms. The van der Waals surface area contributed by atoms with E-state index in [1.54, 1.807) is 18.3 Å². The molecule has 90 valence electrons. The molecule has 0 aliphatic rings. The Kier molecular flexibility index (Phi) is 2.48. The Balaban J connectivity index is 2.36. The molecule has 1 aromatic carbocycles. The Bertz CT molecular complexity index is 736. The molecule has 0 saturated carbocycles. The van der Waals surface area contributed by atoms with Gasteiger partial charge in [0.05, 0.1) is 11.1 Å². The van der Waals surface area contributed by atoms with Crippen LogP contribution in [0.5, 0.6) is 5.75 Å². The Morgan fingerprint density at radius 2 is 1.94 bits per heavy atom. The number of phenolic OH excluding ortho intramolecular Hbond substituents is 1. The molecule has 0 atom stereocenters. The van der Waals surface area contributed by atoms with Gasteiger partial charge in [0.1, 0.15) is 16.2 Å². The van der Waals surface area contributed by atoms with Crippen molar-refractivity contribution in [2.24, 2.45) is 0 Å². The van der Waals surface area contributed by atoms with Crippen LogP contribution < -0.4 is 5.73 Å². The van der Waals surface area contributed by atoms with E-state index in [2.05, 4.69) is 20.9 Å². The highest BCUT2D eigenvalue weighted by Gasteiger charge is 2.13. The van der Waals surface area contributed by atoms with Gasteiger partial charge in [-0.2, -0.15) is 0 Å². The summed E-state index contributed by atoms with van der Waals surface area (Å²) in [5, 5.41) is 9.90. The molecule has 0 fully saturated rings. The Morgan fingerprint density at radius 3 is 2.72 bits per heavy atom. The van der Waals surface area contributed by atoms with Crippen LogP contribution in [-0.2, 0) is 0 Å². The highest BCUT2D eigenvalue weighted by atomic mass is 79.9. The van der Waals surface area contributed by atoms with Crippen LogP contribution >= 0.6 is 15.9 Å². The number of hydrogen-bond donors (Lipinski definition) is 2. The SMILES string of the molecule is Nc1ccc2c(Br)nc(-c3ccccc3O)n2c1. The molecule has 0 aliphatic carbocycles. The van der Waals surface area contributed by atoms with Gasteiger partial charge in [-0.05, 0) is 40.2 Å². The van der Waals surface area contributed by atoms with E-state index in [1.807, 2.05) is 28.7 Å². The molecule has 3 rings (SSSR count). The highest BCUT2D eigenvalue weighted by molar-refractivity contribution is 9.10. The number of anilines is 1. The van der Waals surface area contributed by atoms with E-state index in [9.17, 15) is 5.11 Å². The summed E-state index contributed by atoms with van der Waals surface area (Å²) in [7, 11) is 0. The normalized spacial score (nSPS) is 10.9. The molecule has 3 aromatic rings. The van der Waals surface area contributed by atoms with Crippen molar-refractivity contribution in [3.8, 4) is 17.1 Å². The Morgan fingerprint density at radius 1 is 1.17 bits per heavy atom. The molecule has 0 radical (unpaired) electrons. The van der Waals surface area contributed by atoms with Crippen LogP contribution in [0.1, 0.15) is 0 Å². The quantitative estimate of drug-likeness (QED) is 0.726. The minimum atomic E-state index is 0.194. The molecular weight excluding hydrogens is 294 g/mol. The van der Waals surface area contributed by atoms with Crippen molar-refractivity contribution < 1.29 is 5.11 Å². The third-order valence-electron chi connectivity index (χ3n) is 2.76. The van der Waals surface area contributed by atoms with Gasteiger partial charge in [0.2, 0.25) is 0 Å². The fraction of sp³-hybridized carbons (Fsp3) is 0. The fourth-order valence-electron chi connectivity index (χ4n) is 1.92. The van der Waals surface area contributed by atoms with Gasteiger partial charge in [-0.3, -0.25) is 4.40 Å². The number of fused-ring (bicyclic) bond motifs is 1. The maximum Gasteiger partial charge on any atom is 0.149 e. The van der Waals surface area contributed by atoms with Crippen LogP contribution in [0, 0.1) is 0 Å². The second kappa shape index (κ2) is 4.03. The standard InChI is InChI=1S/C13H10BrN3O/c14-12-10-6-5-8(15)7-17(10)13(16-12)9-3-1-2-4-11(9)18/h1-7,18H,15H2. The van der Waals surface area contributed by atoms with Crippen molar-refractivity contribution in [2.75, 3.05) is 5.73 Å². The van der Waals surface area contributed by atoms with E-state index in [4.69, 9.17) is 5.73 Å². The number of phenols is 1. The second-order valence-corrected chi connectivity index (χ2v) is 4.71. The van der Waals surface area contributed by atoms with Crippen molar-refractivity contribution in [1.82, 2.24) is 9.38 Å². The van der Waals surface area contributed by atoms with Crippen molar-refractivity contribution in [3.63, 3.8) is 0 Å². The first-order chi connectivity index (χ1) is 8.66. The molecule has 0 spiro atoms. The third kappa shape index (κ3) is 1.64. The van der Waals surface area contributed by atoms with E-state index in [0.717, 1.165) is 10.1 Å². The van der Waals surface area contributed by atoms with Gasteiger partial charge in [0.25, 0.3) is 0 Å². The molecule has 2 heterocycles. The molecule has 3 N–H and O–H groups in total. The summed E-state index contributed by atoms with van der Waals surface area (Å²) in [6, 6.07) is 10.8. The largest absolute Gasteiger partial charge is 0.507 e. The molecule has 2 aromatic heterocycles. The summed E-state index contributed by atoms with van der Waals surface area (Å²) in [5.74, 6) is 0.849. The lowest BCUT2D eigenvalue weighted by Crippen LogP contribution is -1.93. The summed E-state index contributed by atoms with van der Waals surface area (Å²) < 4.78 is 2.58. The summed E-state index contributed by atoms with van der Waals surface area (Å²) in [6.45, 7) is 0. The van der Waals surface area contributed by atoms with Crippen molar-refractivity contribution >= 4 is 27.1 Å². The Hall–Kier alpha value is -2.01. The smallest absolute Gasteiger partial charge is 0.149 e. The van der Waals surface area contributed by atoms with E-state index in [0.29, 0.717) is 17.1 Å². The van der Waals surface area contributed by atoms with Gasteiger partial charge >= 0.3 is 0 Å². The van der Waals surface area contributed by atoms with Gasteiger partial charge in [0.15, 0.2) is 0 Å². The number of aromatic nitrogens is 2. The zero-order valence-corrected chi connectivity index (χ0v) is 10.9. The number of aromatic hydroxyl groups is 1. The molecule has 0 amide bonds. The van der Waals surface area contributed by atoms with Gasteiger partial charge in [-0.25, -0.2) is 4.98 Å².